The van der Waals surface area contributed by atoms with E-state index in [1.54, 1.807) is 0 Å². The second-order valence-corrected chi connectivity index (χ2v) is 3.83. The first-order valence-electron chi connectivity index (χ1n) is 4.64. The Morgan fingerprint density at radius 1 is 1.67 bits per heavy atom. The van der Waals surface area contributed by atoms with Gasteiger partial charge in [0, 0.05) is 19.0 Å². The van der Waals surface area contributed by atoms with Crippen LogP contribution in [0.3, 0.4) is 0 Å². The van der Waals surface area contributed by atoms with Crippen molar-refractivity contribution < 1.29 is 4.79 Å². The van der Waals surface area contributed by atoms with E-state index in [0.717, 1.165) is 19.5 Å². The number of carbonyl (C=O) groups is 1. The van der Waals surface area contributed by atoms with Gasteiger partial charge in [-0.05, 0) is 18.9 Å². The fourth-order valence-corrected chi connectivity index (χ4v) is 1.59. The molecule has 2 N–H and O–H groups in total. The van der Waals surface area contributed by atoms with Gasteiger partial charge in [-0.25, -0.2) is 0 Å². The Hall–Kier alpha value is -0.570. The number of rotatable bonds is 2. The van der Waals surface area contributed by atoms with Gasteiger partial charge in [0.05, 0.1) is 0 Å². The highest BCUT2D eigenvalue weighted by Gasteiger charge is 2.26. The molecule has 1 amide bonds. The lowest BCUT2D eigenvalue weighted by atomic mass is 10.1. The summed E-state index contributed by atoms with van der Waals surface area (Å²) in [6.07, 6.45) is 1.08. The molecule has 0 aromatic carbocycles. The van der Waals surface area contributed by atoms with Crippen LogP contribution in [0.15, 0.2) is 0 Å². The van der Waals surface area contributed by atoms with Crippen molar-refractivity contribution in [1.82, 2.24) is 4.90 Å². The van der Waals surface area contributed by atoms with Crippen molar-refractivity contribution in [2.45, 2.75) is 20.3 Å². The van der Waals surface area contributed by atoms with E-state index in [2.05, 4.69) is 0 Å². The van der Waals surface area contributed by atoms with Gasteiger partial charge in [0.1, 0.15) is 0 Å². The monoisotopic (exact) mass is 170 g/mol. The van der Waals surface area contributed by atoms with E-state index in [1.807, 2.05) is 18.7 Å². The molecule has 1 fully saturated rings. The van der Waals surface area contributed by atoms with Crippen molar-refractivity contribution in [3.63, 3.8) is 0 Å². The molecule has 0 aliphatic carbocycles. The third-order valence-electron chi connectivity index (χ3n) is 2.42. The number of carbonyl (C=O) groups excluding carboxylic acids is 1. The van der Waals surface area contributed by atoms with Crippen LogP contribution in [0, 0.1) is 11.8 Å². The number of nitrogens with zero attached hydrogens (tertiary/aromatic N) is 1. The average Bonchev–Trinajstić information content (AvgIpc) is 2.50. The Labute approximate surface area is 73.9 Å². The fraction of sp³-hybridized carbons (Fsp3) is 0.889. The third-order valence-corrected chi connectivity index (χ3v) is 2.42. The highest BCUT2D eigenvalue weighted by molar-refractivity contribution is 5.78. The summed E-state index contributed by atoms with van der Waals surface area (Å²) in [5, 5.41) is 0. The lowest BCUT2D eigenvalue weighted by Gasteiger charge is -2.18. The molecule has 0 bridgehead atoms. The van der Waals surface area contributed by atoms with Gasteiger partial charge in [0.25, 0.3) is 0 Å². The number of hydrogen-bond acceptors (Lipinski definition) is 2. The molecule has 1 saturated heterocycles. The van der Waals surface area contributed by atoms with Gasteiger partial charge in [-0.3, -0.25) is 4.79 Å². The molecular formula is C9H18N2O. The van der Waals surface area contributed by atoms with E-state index in [0.29, 0.717) is 12.5 Å². The summed E-state index contributed by atoms with van der Waals surface area (Å²) in [5.74, 6) is 0.931. The minimum absolute atomic E-state index is 0.126. The fourth-order valence-electron chi connectivity index (χ4n) is 1.59. The molecular weight excluding hydrogens is 152 g/mol. The molecule has 12 heavy (non-hydrogen) atoms. The standard InChI is InChI=1S/C9H18N2O/c1-7(2)9(12)11-4-3-8(5-10)6-11/h7-8H,3-6,10H2,1-2H3. The maximum Gasteiger partial charge on any atom is 0.225 e. The molecule has 3 heteroatoms. The summed E-state index contributed by atoms with van der Waals surface area (Å²) in [5.41, 5.74) is 5.53. The number of amides is 1. The molecule has 0 spiro atoms. The topological polar surface area (TPSA) is 46.3 Å². The molecule has 0 saturated carbocycles. The van der Waals surface area contributed by atoms with Gasteiger partial charge in [-0.15, -0.1) is 0 Å². The van der Waals surface area contributed by atoms with Crippen molar-refractivity contribution in [2.75, 3.05) is 19.6 Å². The molecule has 1 aliphatic rings. The predicted molar refractivity (Wildman–Crippen MR) is 48.6 cm³/mol. The Morgan fingerprint density at radius 2 is 2.33 bits per heavy atom. The van der Waals surface area contributed by atoms with Gasteiger partial charge in [-0.1, -0.05) is 13.8 Å². The maximum atomic E-state index is 11.5. The second-order valence-electron chi connectivity index (χ2n) is 3.83. The summed E-state index contributed by atoms with van der Waals surface area (Å²) in [4.78, 5) is 13.4. The van der Waals surface area contributed by atoms with Crippen molar-refractivity contribution in [3.8, 4) is 0 Å². The van der Waals surface area contributed by atoms with Crippen molar-refractivity contribution in [1.29, 1.82) is 0 Å². The van der Waals surface area contributed by atoms with Crippen LogP contribution in [-0.2, 0) is 4.79 Å². The lowest BCUT2D eigenvalue weighted by Crippen LogP contribution is -2.32. The number of hydrogen-bond donors (Lipinski definition) is 1. The summed E-state index contributed by atoms with van der Waals surface area (Å²) in [7, 11) is 0. The van der Waals surface area contributed by atoms with Crippen molar-refractivity contribution in [2.24, 2.45) is 17.6 Å². The molecule has 3 nitrogen and oxygen atoms in total. The van der Waals surface area contributed by atoms with Crippen LogP contribution >= 0.6 is 0 Å². The molecule has 0 aromatic heterocycles. The Balaban J connectivity index is 2.41. The zero-order valence-electron chi connectivity index (χ0n) is 7.92. The highest BCUT2D eigenvalue weighted by Crippen LogP contribution is 2.16. The Bertz CT molecular complexity index is 168. The second kappa shape index (κ2) is 3.90. The van der Waals surface area contributed by atoms with Crippen LogP contribution in [0.4, 0.5) is 0 Å². The van der Waals surface area contributed by atoms with Crippen LogP contribution in [-0.4, -0.2) is 30.4 Å². The normalized spacial score (nSPS) is 23.7. The largest absolute Gasteiger partial charge is 0.342 e. The van der Waals surface area contributed by atoms with Crippen LogP contribution in [0.25, 0.3) is 0 Å². The van der Waals surface area contributed by atoms with Gasteiger partial charge in [0.2, 0.25) is 5.91 Å². The number of likely N-dealkylation sites (tertiary alicyclic amines) is 1. The molecule has 1 heterocycles. The minimum Gasteiger partial charge on any atom is -0.342 e. The van der Waals surface area contributed by atoms with Crippen molar-refractivity contribution in [3.05, 3.63) is 0 Å². The summed E-state index contributed by atoms with van der Waals surface area (Å²) < 4.78 is 0. The molecule has 0 radical (unpaired) electrons. The summed E-state index contributed by atoms with van der Waals surface area (Å²) in [6, 6.07) is 0. The third kappa shape index (κ3) is 1.97. The molecule has 1 aliphatic heterocycles. The van der Waals surface area contributed by atoms with Crippen LogP contribution < -0.4 is 5.73 Å². The summed E-state index contributed by atoms with van der Waals surface area (Å²) >= 11 is 0. The zero-order chi connectivity index (χ0) is 9.14. The van der Waals surface area contributed by atoms with Gasteiger partial charge in [0.15, 0.2) is 0 Å². The summed E-state index contributed by atoms with van der Waals surface area (Å²) in [6.45, 7) is 6.37. The lowest BCUT2D eigenvalue weighted by molar-refractivity contribution is -0.133. The van der Waals surface area contributed by atoms with E-state index in [9.17, 15) is 4.79 Å². The Kier molecular flexibility index (Phi) is 3.09. The van der Waals surface area contributed by atoms with Gasteiger partial charge >= 0.3 is 0 Å². The van der Waals surface area contributed by atoms with Crippen LogP contribution in [0.5, 0.6) is 0 Å². The van der Waals surface area contributed by atoms with E-state index in [4.69, 9.17) is 5.73 Å². The molecule has 70 valence electrons. The average molecular weight is 170 g/mol. The minimum atomic E-state index is 0.126. The zero-order valence-corrected chi connectivity index (χ0v) is 7.92. The van der Waals surface area contributed by atoms with E-state index < -0.39 is 0 Å². The first-order valence-corrected chi connectivity index (χ1v) is 4.64. The van der Waals surface area contributed by atoms with Gasteiger partial charge < -0.3 is 10.6 Å². The SMILES string of the molecule is CC(C)C(=O)N1CCC(CN)C1. The Morgan fingerprint density at radius 3 is 2.75 bits per heavy atom. The van der Waals surface area contributed by atoms with Crippen LogP contribution in [0.1, 0.15) is 20.3 Å². The van der Waals surface area contributed by atoms with Crippen molar-refractivity contribution >= 4 is 5.91 Å². The van der Waals surface area contributed by atoms with Gasteiger partial charge in [-0.2, -0.15) is 0 Å². The predicted octanol–water partition coefficient (Wildman–Crippen LogP) is 0.450. The van der Waals surface area contributed by atoms with E-state index >= 15 is 0 Å². The smallest absolute Gasteiger partial charge is 0.225 e. The molecule has 1 rings (SSSR count). The van der Waals surface area contributed by atoms with E-state index in [1.165, 1.54) is 0 Å². The molecule has 1 unspecified atom stereocenters. The highest BCUT2D eigenvalue weighted by atomic mass is 16.2. The molecule has 0 aromatic rings. The van der Waals surface area contributed by atoms with Crippen LogP contribution in [0.2, 0.25) is 0 Å². The number of nitrogens with two attached hydrogens (primary N) is 1. The maximum absolute atomic E-state index is 11.5. The van der Waals surface area contributed by atoms with E-state index in [-0.39, 0.29) is 11.8 Å². The first-order chi connectivity index (χ1) is 5.65. The molecule has 1 atom stereocenters. The quantitative estimate of drug-likeness (QED) is 0.654. The first kappa shape index (κ1) is 9.52.